The number of hydrogen-bond acceptors (Lipinski definition) is 5. The van der Waals surface area contributed by atoms with Crippen LogP contribution in [-0.4, -0.2) is 22.8 Å². The van der Waals surface area contributed by atoms with Crippen LogP contribution in [0, 0.1) is 0 Å². The zero-order valence-electron chi connectivity index (χ0n) is 17.9. The third kappa shape index (κ3) is 4.44. The standard InChI is InChI=1S/C26H16ClN3O4S/c27-16-6-3-5-15(13-16)21-11-12-22(34-21)23(31)29-26(35)28-17-7-4-8-18(14-17)30-24(32)19-9-1-2-10-20(19)25(30)33/h1-14H,(H2,28,29,31,35). The van der Waals surface area contributed by atoms with Crippen LogP contribution in [-0.2, 0) is 0 Å². The van der Waals surface area contributed by atoms with Gasteiger partial charge in [-0.05, 0) is 66.8 Å². The van der Waals surface area contributed by atoms with E-state index in [1.807, 2.05) is 6.07 Å². The summed E-state index contributed by atoms with van der Waals surface area (Å²) in [5.41, 5.74) is 2.32. The van der Waals surface area contributed by atoms with Gasteiger partial charge >= 0.3 is 0 Å². The van der Waals surface area contributed by atoms with Crippen LogP contribution in [0.25, 0.3) is 11.3 Å². The first-order chi connectivity index (χ1) is 16.9. The Morgan fingerprint density at radius 2 is 1.57 bits per heavy atom. The number of rotatable bonds is 4. The second-order valence-electron chi connectivity index (χ2n) is 7.62. The summed E-state index contributed by atoms with van der Waals surface area (Å²) in [5, 5.41) is 6.03. The zero-order valence-corrected chi connectivity index (χ0v) is 19.5. The Balaban J connectivity index is 1.27. The Morgan fingerprint density at radius 3 is 2.29 bits per heavy atom. The van der Waals surface area contributed by atoms with Gasteiger partial charge in [0, 0.05) is 16.3 Å². The van der Waals surface area contributed by atoms with E-state index in [-0.39, 0.29) is 10.9 Å². The summed E-state index contributed by atoms with van der Waals surface area (Å²) in [6.45, 7) is 0. The van der Waals surface area contributed by atoms with Gasteiger partial charge in [-0.1, -0.05) is 41.9 Å². The molecule has 0 aliphatic carbocycles. The molecular weight excluding hydrogens is 486 g/mol. The van der Waals surface area contributed by atoms with E-state index < -0.39 is 17.7 Å². The van der Waals surface area contributed by atoms with Crippen molar-refractivity contribution in [1.82, 2.24) is 5.32 Å². The predicted molar refractivity (Wildman–Crippen MR) is 137 cm³/mol. The molecule has 172 valence electrons. The number of nitrogens with zero attached hydrogens (tertiary/aromatic N) is 1. The van der Waals surface area contributed by atoms with Crippen LogP contribution in [0.5, 0.6) is 0 Å². The molecule has 2 heterocycles. The summed E-state index contributed by atoms with van der Waals surface area (Å²) < 4.78 is 5.64. The molecule has 3 aromatic carbocycles. The highest BCUT2D eigenvalue weighted by molar-refractivity contribution is 7.80. The Bertz CT molecular complexity index is 1480. The van der Waals surface area contributed by atoms with Crippen LogP contribution in [0.1, 0.15) is 31.3 Å². The van der Waals surface area contributed by atoms with E-state index in [0.29, 0.717) is 33.3 Å². The molecule has 7 nitrogen and oxygen atoms in total. The highest BCUT2D eigenvalue weighted by Gasteiger charge is 2.36. The number of thiocarbonyl (C=S) groups is 1. The van der Waals surface area contributed by atoms with Crippen molar-refractivity contribution in [2.24, 2.45) is 0 Å². The number of anilines is 2. The summed E-state index contributed by atoms with van der Waals surface area (Å²) in [7, 11) is 0. The quantitative estimate of drug-likeness (QED) is 0.282. The molecule has 0 radical (unpaired) electrons. The van der Waals surface area contributed by atoms with Crippen molar-refractivity contribution in [2.45, 2.75) is 0 Å². The first-order valence-corrected chi connectivity index (χ1v) is 11.3. The normalized spacial score (nSPS) is 12.4. The molecule has 9 heteroatoms. The van der Waals surface area contributed by atoms with E-state index in [1.165, 1.54) is 6.07 Å². The summed E-state index contributed by atoms with van der Waals surface area (Å²) in [4.78, 5) is 39.2. The van der Waals surface area contributed by atoms with Gasteiger partial charge in [0.15, 0.2) is 10.9 Å². The van der Waals surface area contributed by atoms with Crippen LogP contribution < -0.4 is 15.5 Å². The number of amides is 3. The molecule has 5 rings (SSSR count). The third-order valence-corrected chi connectivity index (χ3v) is 5.76. The highest BCUT2D eigenvalue weighted by atomic mass is 35.5. The smallest absolute Gasteiger partial charge is 0.293 e. The number of carbonyl (C=O) groups excluding carboxylic acids is 3. The van der Waals surface area contributed by atoms with Gasteiger partial charge in [-0.3, -0.25) is 19.7 Å². The third-order valence-electron chi connectivity index (χ3n) is 5.32. The van der Waals surface area contributed by atoms with Crippen molar-refractivity contribution in [1.29, 1.82) is 0 Å². The van der Waals surface area contributed by atoms with E-state index in [1.54, 1.807) is 72.8 Å². The van der Waals surface area contributed by atoms with Crippen molar-refractivity contribution in [2.75, 3.05) is 10.2 Å². The van der Waals surface area contributed by atoms with Crippen LogP contribution >= 0.6 is 23.8 Å². The lowest BCUT2D eigenvalue weighted by Gasteiger charge is -2.16. The fourth-order valence-electron chi connectivity index (χ4n) is 3.73. The van der Waals surface area contributed by atoms with Gasteiger partial charge in [0.2, 0.25) is 0 Å². The van der Waals surface area contributed by atoms with Crippen LogP contribution in [0.4, 0.5) is 11.4 Å². The number of imide groups is 1. The molecule has 3 amide bonds. The van der Waals surface area contributed by atoms with E-state index in [9.17, 15) is 14.4 Å². The molecule has 0 atom stereocenters. The lowest BCUT2D eigenvalue weighted by atomic mass is 10.1. The van der Waals surface area contributed by atoms with E-state index >= 15 is 0 Å². The molecule has 0 unspecified atom stereocenters. The van der Waals surface area contributed by atoms with E-state index in [4.69, 9.17) is 28.2 Å². The second-order valence-corrected chi connectivity index (χ2v) is 8.47. The van der Waals surface area contributed by atoms with E-state index in [0.717, 1.165) is 10.5 Å². The van der Waals surface area contributed by atoms with Gasteiger partial charge in [0.25, 0.3) is 17.7 Å². The number of carbonyl (C=O) groups is 3. The lowest BCUT2D eigenvalue weighted by molar-refractivity contribution is 0.0922. The second kappa shape index (κ2) is 9.17. The number of benzene rings is 3. The molecule has 35 heavy (non-hydrogen) atoms. The first-order valence-electron chi connectivity index (χ1n) is 10.5. The first kappa shape index (κ1) is 22.5. The minimum Gasteiger partial charge on any atom is -0.451 e. The molecule has 0 bridgehead atoms. The molecule has 0 fully saturated rings. The molecule has 0 saturated heterocycles. The summed E-state index contributed by atoms with van der Waals surface area (Å²) in [6.07, 6.45) is 0. The van der Waals surface area contributed by atoms with E-state index in [2.05, 4.69) is 10.6 Å². The minimum atomic E-state index is -0.535. The van der Waals surface area contributed by atoms with Gasteiger partial charge in [-0.25, -0.2) is 4.90 Å². The maximum Gasteiger partial charge on any atom is 0.293 e. The fraction of sp³-hybridized carbons (Fsp3) is 0. The van der Waals surface area contributed by atoms with Crippen LogP contribution in [0.2, 0.25) is 5.02 Å². The molecule has 1 aliphatic heterocycles. The topological polar surface area (TPSA) is 91.7 Å². The lowest BCUT2D eigenvalue weighted by Crippen LogP contribution is -2.34. The predicted octanol–water partition coefficient (Wildman–Crippen LogP) is 5.53. The van der Waals surface area contributed by atoms with Crippen molar-refractivity contribution < 1.29 is 18.8 Å². The Kier molecular flexibility index (Phi) is 5.90. The number of furan rings is 1. The maximum absolute atomic E-state index is 12.8. The molecule has 2 N–H and O–H groups in total. The molecule has 0 spiro atoms. The van der Waals surface area contributed by atoms with Crippen molar-refractivity contribution in [3.8, 4) is 11.3 Å². The van der Waals surface area contributed by atoms with Crippen LogP contribution in [0.3, 0.4) is 0 Å². The number of fused-ring (bicyclic) bond motifs is 1. The molecule has 0 saturated carbocycles. The number of hydrogen-bond donors (Lipinski definition) is 2. The average molecular weight is 502 g/mol. The van der Waals surface area contributed by atoms with Gasteiger partial charge in [0.05, 0.1) is 16.8 Å². The molecule has 1 aliphatic rings. The summed E-state index contributed by atoms with van der Waals surface area (Å²) in [5.74, 6) is -0.764. The van der Waals surface area contributed by atoms with Crippen LogP contribution in [0.15, 0.2) is 89.3 Å². The maximum atomic E-state index is 12.8. The van der Waals surface area contributed by atoms with Gasteiger partial charge < -0.3 is 9.73 Å². The number of nitrogens with one attached hydrogen (secondary N) is 2. The fourth-order valence-corrected chi connectivity index (χ4v) is 4.13. The summed E-state index contributed by atoms with van der Waals surface area (Å²) in [6, 6.07) is 23.6. The highest BCUT2D eigenvalue weighted by Crippen LogP contribution is 2.30. The number of halogens is 1. The van der Waals surface area contributed by atoms with Crippen molar-refractivity contribution >= 4 is 58.0 Å². The van der Waals surface area contributed by atoms with Crippen molar-refractivity contribution in [3.63, 3.8) is 0 Å². The monoisotopic (exact) mass is 501 g/mol. The van der Waals surface area contributed by atoms with Gasteiger partial charge in [-0.15, -0.1) is 0 Å². The molecular formula is C26H16ClN3O4S. The van der Waals surface area contributed by atoms with Crippen molar-refractivity contribution in [3.05, 3.63) is 107 Å². The largest absolute Gasteiger partial charge is 0.451 e. The Labute approximate surface area is 210 Å². The minimum absolute atomic E-state index is 0.0233. The SMILES string of the molecule is O=C(NC(=S)Nc1cccc(N2C(=O)c3ccccc3C2=O)c1)c1ccc(-c2cccc(Cl)c2)o1. The van der Waals surface area contributed by atoms with Gasteiger partial charge in [0.1, 0.15) is 5.76 Å². The summed E-state index contributed by atoms with van der Waals surface area (Å²) >= 11 is 11.3. The zero-order chi connectivity index (χ0) is 24.5. The average Bonchev–Trinajstić information content (AvgIpc) is 3.43. The molecule has 4 aromatic rings. The van der Waals surface area contributed by atoms with Gasteiger partial charge in [-0.2, -0.15) is 0 Å². The Hall–Kier alpha value is -4.27. The Morgan fingerprint density at radius 1 is 0.857 bits per heavy atom. The molecule has 1 aromatic heterocycles.